The topological polar surface area (TPSA) is 43.4 Å². The molecule has 0 radical (unpaired) electrons. The predicted molar refractivity (Wildman–Crippen MR) is 183 cm³/mol. The molecule has 4 heterocycles. The minimum absolute atomic E-state index is 0.405. The fraction of sp³-hybridized carbons (Fsp3) is 0.526. The SMILES string of the molecule is CC1CCC2CCCC3[O][Ga]([O]c4ccc(-c5ccc(-c6ccc([O][Ga]7[O]C8CCCC9CCC(C)[N]7C98)cc6)cc5)cc4)[N]1C23. The van der Waals surface area contributed by atoms with E-state index >= 15 is 0 Å². The Bertz CT molecular complexity index is 1410. The molecule has 8 heteroatoms. The first-order valence-corrected chi connectivity index (χ1v) is 24.2. The van der Waals surface area contributed by atoms with Crippen molar-refractivity contribution in [3.63, 3.8) is 0 Å². The van der Waals surface area contributed by atoms with E-state index in [1.54, 1.807) is 0 Å². The maximum atomic E-state index is 6.68. The molecule has 4 aliphatic heterocycles. The molecule has 0 spiro atoms. The Morgan fingerprint density at radius 3 is 1.26 bits per heavy atom. The molecule has 0 N–H and O–H groups in total. The molecule has 6 fully saturated rings. The number of nitrogens with zero attached hydrogens (tertiary/aromatic N) is 2. The first-order chi connectivity index (χ1) is 22.6. The summed E-state index contributed by atoms with van der Waals surface area (Å²) < 4.78 is 32.1. The van der Waals surface area contributed by atoms with Crippen LogP contribution in [0.3, 0.4) is 0 Å². The van der Waals surface area contributed by atoms with Gasteiger partial charge in [-0.1, -0.05) is 0 Å². The zero-order valence-corrected chi connectivity index (χ0v) is 32.1. The van der Waals surface area contributed by atoms with Crippen LogP contribution in [0.2, 0.25) is 0 Å². The van der Waals surface area contributed by atoms with Gasteiger partial charge in [0.05, 0.1) is 0 Å². The molecule has 3 aromatic rings. The van der Waals surface area contributed by atoms with Gasteiger partial charge in [0, 0.05) is 0 Å². The fourth-order valence-corrected chi connectivity index (χ4v) is 20.7. The Morgan fingerprint density at radius 2 is 0.870 bits per heavy atom. The van der Waals surface area contributed by atoms with Crippen molar-refractivity contribution in [2.75, 3.05) is 0 Å². The molecule has 3 aromatic carbocycles. The van der Waals surface area contributed by atoms with Crippen LogP contribution in [-0.2, 0) is 7.06 Å². The van der Waals surface area contributed by atoms with Crippen LogP contribution in [0.5, 0.6) is 11.5 Å². The molecule has 8 unspecified atom stereocenters. The third-order valence-corrected chi connectivity index (χ3v) is 22.3. The van der Waals surface area contributed by atoms with Crippen molar-refractivity contribution < 1.29 is 14.1 Å². The van der Waals surface area contributed by atoms with Gasteiger partial charge in [0.25, 0.3) is 0 Å². The van der Waals surface area contributed by atoms with Crippen molar-refractivity contribution >= 4 is 34.4 Å². The van der Waals surface area contributed by atoms with Crippen LogP contribution in [0.1, 0.15) is 78.1 Å². The van der Waals surface area contributed by atoms with Gasteiger partial charge in [-0.15, -0.1) is 0 Å². The van der Waals surface area contributed by atoms with Crippen molar-refractivity contribution in [2.45, 2.75) is 114 Å². The zero-order chi connectivity index (χ0) is 30.8. The summed E-state index contributed by atoms with van der Waals surface area (Å²) in [6.45, 7) is 4.77. The van der Waals surface area contributed by atoms with E-state index in [0.29, 0.717) is 36.4 Å². The molecule has 6 aliphatic rings. The molecule has 9 rings (SSSR count). The molecule has 8 atom stereocenters. The summed E-state index contributed by atoms with van der Waals surface area (Å²) in [7, 11) is 0. The predicted octanol–water partition coefficient (Wildman–Crippen LogP) is 7.85. The van der Waals surface area contributed by atoms with E-state index in [9.17, 15) is 0 Å². The second kappa shape index (κ2) is 12.7. The number of piperidine rings is 2. The third-order valence-electron chi connectivity index (χ3n) is 12.3. The van der Waals surface area contributed by atoms with Crippen molar-refractivity contribution in [1.82, 2.24) is 7.21 Å². The summed E-state index contributed by atoms with van der Waals surface area (Å²) in [4.78, 5) is 0. The molecule has 4 saturated heterocycles. The van der Waals surface area contributed by atoms with E-state index < -0.39 is 34.4 Å². The molecular weight excluding hydrogens is 688 g/mol. The van der Waals surface area contributed by atoms with E-state index in [1.807, 2.05) is 0 Å². The maximum absolute atomic E-state index is 6.68. The van der Waals surface area contributed by atoms with E-state index in [-0.39, 0.29) is 0 Å². The summed E-state index contributed by atoms with van der Waals surface area (Å²) >= 11 is -4.99. The van der Waals surface area contributed by atoms with Gasteiger partial charge in [0.15, 0.2) is 0 Å². The molecule has 6 nitrogen and oxygen atoms in total. The molecule has 2 saturated carbocycles. The van der Waals surface area contributed by atoms with Crippen LogP contribution in [-0.4, -0.2) is 78.0 Å². The third kappa shape index (κ3) is 5.54. The van der Waals surface area contributed by atoms with Gasteiger partial charge < -0.3 is 0 Å². The molecule has 0 bridgehead atoms. The Labute approximate surface area is 287 Å². The molecule has 0 aromatic heterocycles. The standard InChI is InChI=1S/C18H14O2.2C10H17NO.2Ga/c19-17-9-5-15(6-10-17)13-1-2-14(4-3-13)16-7-11-18(20)12-8-16;2*1-7-5-6-8-3-2-4-9(12)10(8)11-7;;/h1-12,19-20H;2*7-10H,2-6H2,1H3;;/q;2*-2;2*+3/p-2. The Balaban J connectivity index is 0.841. The van der Waals surface area contributed by atoms with Crippen molar-refractivity contribution in [3.05, 3.63) is 72.8 Å². The molecular formula is C38H46Ga2N2O4. The Morgan fingerprint density at radius 1 is 0.500 bits per heavy atom. The van der Waals surface area contributed by atoms with Crippen LogP contribution >= 0.6 is 0 Å². The van der Waals surface area contributed by atoms with Crippen LogP contribution < -0.4 is 7.06 Å². The second-order valence-electron chi connectivity index (χ2n) is 14.9. The van der Waals surface area contributed by atoms with E-state index in [4.69, 9.17) is 14.1 Å². The zero-order valence-electron chi connectivity index (χ0n) is 27.3. The number of rotatable bonds is 6. The normalized spacial score (nSPS) is 33.9. The Kier molecular flexibility index (Phi) is 8.39. The van der Waals surface area contributed by atoms with E-state index in [2.05, 4.69) is 93.9 Å². The van der Waals surface area contributed by atoms with Crippen LogP contribution in [0.25, 0.3) is 22.3 Å². The van der Waals surface area contributed by atoms with E-state index in [1.165, 1.54) is 86.5 Å². The number of hydrogen-bond donors (Lipinski definition) is 0. The summed E-state index contributed by atoms with van der Waals surface area (Å²) in [5.74, 6) is 3.54. The van der Waals surface area contributed by atoms with Gasteiger partial charge in [-0.2, -0.15) is 0 Å². The van der Waals surface area contributed by atoms with Crippen molar-refractivity contribution in [3.8, 4) is 33.8 Å². The average molecular weight is 734 g/mol. The Hall–Kier alpha value is -1.63. The van der Waals surface area contributed by atoms with Gasteiger partial charge in [-0.25, -0.2) is 0 Å². The summed E-state index contributed by atoms with van der Waals surface area (Å²) in [5, 5.41) is 0. The molecule has 238 valence electrons. The van der Waals surface area contributed by atoms with Gasteiger partial charge in [0.1, 0.15) is 0 Å². The monoisotopic (exact) mass is 732 g/mol. The molecule has 0 amide bonds. The second-order valence-corrected chi connectivity index (χ2v) is 22.1. The molecule has 46 heavy (non-hydrogen) atoms. The van der Waals surface area contributed by atoms with Gasteiger partial charge in [-0.3, -0.25) is 0 Å². The van der Waals surface area contributed by atoms with Crippen molar-refractivity contribution in [1.29, 1.82) is 0 Å². The quantitative estimate of drug-likeness (QED) is 0.241. The van der Waals surface area contributed by atoms with E-state index in [0.717, 1.165) is 23.3 Å². The van der Waals surface area contributed by atoms with Gasteiger partial charge >= 0.3 is 289 Å². The summed E-state index contributed by atoms with van der Waals surface area (Å²) in [6.07, 6.45) is 13.9. The van der Waals surface area contributed by atoms with Crippen LogP contribution in [0.4, 0.5) is 0 Å². The van der Waals surface area contributed by atoms with Gasteiger partial charge in [-0.05, 0) is 0 Å². The number of hydrogen-bond acceptors (Lipinski definition) is 6. The summed E-state index contributed by atoms with van der Waals surface area (Å²) in [6, 6.07) is 28.7. The minimum atomic E-state index is -2.50. The fourth-order valence-electron chi connectivity index (χ4n) is 9.90. The first-order valence-electron chi connectivity index (χ1n) is 18.1. The van der Waals surface area contributed by atoms with Crippen LogP contribution in [0.15, 0.2) is 72.8 Å². The van der Waals surface area contributed by atoms with Crippen molar-refractivity contribution in [2.24, 2.45) is 11.8 Å². The van der Waals surface area contributed by atoms with Crippen LogP contribution in [0, 0.1) is 11.8 Å². The first kappa shape index (κ1) is 30.4. The average Bonchev–Trinajstić information content (AvgIpc) is 3.65. The summed E-state index contributed by atoms with van der Waals surface area (Å²) in [5.41, 5.74) is 4.85. The molecule has 2 aliphatic carbocycles. The van der Waals surface area contributed by atoms with Gasteiger partial charge in [0.2, 0.25) is 0 Å². The number of benzene rings is 3.